The lowest BCUT2D eigenvalue weighted by atomic mass is 10.1. The van der Waals surface area contributed by atoms with Crippen LogP contribution in [0.2, 0.25) is 0 Å². The molecular formula is C46H83NO8P+. The van der Waals surface area contributed by atoms with Gasteiger partial charge in [-0.1, -0.05) is 158 Å². The van der Waals surface area contributed by atoms with Gasteiger partial charge in [-0.15, -0.1) is 0 Å². The molecule has 324 valence electrons. The Morgan fingerprint density at radius 3 is 1.66 bits per heavy atom. The van der Waals surface area contributed by atoms with E-state index in [2.05, 4.69) is 50.3 Å². The van der Waals surface area contributed by atoms with E-state index in [0.29, 0.717) is 17.4 Å². The number of nitrogens with zero attached hydrogens (tertiary/aromatic N) is 1. The number of allylic oxidation sites excluding steroid dienone is 9. The van der Waals surface area contributed by atoms with Crippen LogP contribution in [0.1, 0.15) is 168 Å². The van der Waals surface area contributed by atoms with Gasteiger partial charge in [-0.2, -0.15) is 0 Å². The number of phosphoric ester groups is 1. The zero-order valence-electron chi connectivity index (χ0n) is 36.3. The molecule has 0 rings (SSSR count). The van der Waals surface area contributed by atoms with Crippen molar-refractivity contribution in [2.45, 2.75) is 174 Å². The van der Waals surface area contributed by atoms with Gasteiger partial charge in [-0.3, -0.25) is 13.8 Å². The summed E-state index contributed by atoms with van der Waals surface area (Å²) in [6, 6.07) is 0. The Balaban J connectivity index is 4.52. The van der Waals surface area contributed by atoms with E-state index in [1.54, 1.807) is 6.08 Å². The minimum atomic E-state index is -4.40. The van der Waals surface area contributed by atoms with Gasteiger partial charge in [0, 0.05) is 12.5 Å². The smallest absolute Gasteiger partial charge is 0.458 e. The zero-order valence-corrected chi connectivity index (χ0v) is 37.2. The molecule has 1 unspecified atom stereocenters. The third-order valence-electron chi connectivity index (χ3n) is 9.12. The molecule has 0 spiro atoms. The number of unbranched alkanes of at least 4 members (excludes halogenated alkanes) is 18. The molecule has 0 fully saturated rings. The molecule has 56 heavy (non-hydrogen) atoms. The van der Waals surface area contributed by atoms with Gasteiger partial charge in [0.05, 0.1) is 27.7 Å². The van der Waals surface area contributed by atoms with Crippen molar-refractivity contribution in [1.29, 1.82) is 0 Å². The number of carbonyl (C=O) groups excluding carboxylic acids is 2. The highest BCUT2D eigenvalue weighted by molar-refractivity contribution is 7.47. The van der Waals surface area contributed by atoms with E-state index in [1.807, 2.05) is 33.3 Å². The number of likely N-dealkylation sites (N-methyl/N-ethyl adjacent to an activating group) is 1. The first-order valence-electron chi connectivity index (χ1n) is 22.1. The predicted molar refractivity (Wildman–Crippen MR) is 233 cm³/mol. The fourth-order valence-corrected chi connectivity index (χ4v) is 6.38. The number of phosphoric acid groups is 1. The monoisotopic (exact) mass is 809 g/mol. The molecule has 2 atom stereocenters. The van der Waals surface area contributed by atoms with Gasteiger partial charge in [0.2, 0.25) is 0 Å². The Hall–Kier alpha value is -2.29. The standard InChI is InChI=1S/C46H82NO8P/c1-6-8-10-12-14-16-18-20-22-23-25-27-29-31-33-35-37-39-46(49)55-44(43-54-56(50,51)53-41-40-47(3,4)5)42-52-45(48)38-36-34-32-30-28-26-24-21-19-17-15-13-11-9-7-2/h14,16,20,22,25,27,32,34,36,38,44H,6-13,15,17-19,21,23-24,26,28-31,33,35,37,39-43H2,1-5H3/p+1/b16-14+,22-20+,27-25+,34-32+,38-36+/t44-/m1/s1. The van der Waals surface area contributed by atoms with Crippen molar-refractivity contribution in [3.05, 3.63) is 60.8 Å². The van der Waals surface area contributed by atoms with Crippen molar-refractivity contribution in [1.82, 2.24) is 0 Å². The van der Waals surface area contributed by atoms with Gasteiger partial charge in [0.1, 0.15) is 19.8 Å². The average Bonchev–Trinajstić information content (AvgIpc) is 3.15. The maximum Gasteiger partial charge on any atom is 0.472 e. The minimum absolute atomic E-state index is 0.0122. The van der Waals surface area contributed by atoms with Crippen molar-refractivity contribution < 1.29 is 42.1 Å². The topological polar surface area (TPSA) is 108 Å². The van der Waals surface area contributed by atoms with Crippen LogP contribution in [0.15, 0.2) is 60.8 Å². The Bertz CT molecular complexity index is 1140. The predicted octanol–water partition coefficient (Wildman–Crippen LogP) is 12.5. The molecule has 1 N–H and O–H groups in total. The molecule has 0 aromatic rings. The fraction of sp³-hybridized carbons (Fsp3) is 0.739. The van der Waals surface area contributed by atoms with Gasteiger partial charge in [-0.25, -0.2) is 9.36 Å². The number of ether oxygens (including phenoxy) is 2. The van der Waals surface area contributed by atoms with Crippen molar-refractivity contribution in [2.24, 2.45) is 0 Å². The van der Waals surface area contributed by atoms with Crippen LogP contribution in [0.3, 0.4) is 0 Å². The van der Waals surface area contributed by atoms with E-state index < -0.39 is 32.5 Å². The summed E-state index contributed by atoms with van der Waals surface area (Å²) in [5.41, 5.74) is 0. The number of esters is 2. The van der Waals surface area contributed by atoms with Crippen LogP contribution in [0.5, 0.6) is 0 Å². The molecule has 0 aliphatic carbocycles. The maximum absolute atomic E-state index is 12.7. The molecule has 0 amide bonds. The normalized spacial score (nSPS) is 14.2. The number of quaternary nitrogens is 1. The lowest BCUT2D eigenvalue weighted by Gasteiger charge is -2.24. The van der Waals surface area contributed by atoms with Crippen LogP contribution in [-0.4, -0.2) is 74.9 Å². The molecule has 10 heteroatoms. The fourth-order valence-electron chi connectivity index (χ4n) is 5.64. The van der Waals surface area contributed by atoms with Crippen LogP contribution in [0.25, 0.3) is 0 Å². The molecule has 0 saturated heterocycles. The number of hydrogen-bond acceptors (Lipinski definition) is 7. The number of carbonyl (C=O) groups is 2. The quantitative estimate of drug-likeness (QED) is 0.0124. The number of hydrogen-bond donors (Lipinski definition) is 1. The molecule has 0 aromatic heterocycles. The van der Waals surface area contributed by atoms with Crippen LogP contribution in [0, 0.1) is 0 Å². The molecular weight excluding hydrogens is 725 g/mol. The Kier molecular flexibility index (Phi) is 36.7. The van der Waals surface area contributed by atoms with Crippen molar-refractivity contribution >= 4 is 19.8 Å². The molecule has 0 aromatic carbocycles. The van der Waals surface area contributed by atoms with Gasteiger partial charge in [0.25, 0.3) is 0 Å². The molecule has 0 aliphatic rings. The van der Waals surface area contributed by atoms with Crippen molar-refractivity contribution in [2.75, 3.05) is 47.5 Å². The second kappa shape index (κ2) is 38.2. The molecule has 9 nitrogen and oxygen atoms in total. The Morgan fingerprint density at radius 1 is 0.607 bits per heavy atom. The average molecular weight is 809 g/mol. The van der Waals surface area contributed by atoms with Crippen LogP contribution in [0.4, 0.5) is 0 Å². The first-order valence-corrected chi connectivity index (χ1v) is 23.5. The second-order valence-electron chi connectivity index (χ2n) is 15.8. The molecule has 0 heterocycles. The van der Waals surface area contributed by atoms with Gasteiger partial charge in [0.15, 0.2) is 6.10 Å². The molecule has 0 bridgehead atoms. The first kappa shape index (κ1) is 53.7. The maximum atomic E-state index is 12.7. The van der Waals surface area contributed by atoms with E-state index in [0.717, 1.165) is 51.4 Å². The Labute approximate surface area is 343 Å². The van der Waals surface area contributed by atoms with E-state index in [-0.39, 0.29) is 19.6 Å². The highest BCUT2D eigenvalue weighted by Gasteiger charge is 2.26. The minimum Gasteiger partial charge on any atom is -0.458 e. The molecule has 0 saturated carbocycles. The van der Waals surface area contributed by atoms with Crippen LogP contribution in [-0.2, 0) is 32.7 Å². The van der Waals surface area contributed by atoms with E-state index in [4.69, 9.17) is 18.5 Å². The summed E-state index contributed by atoms with van der Waals surface area (Å²) in [6.07, 6.45) is 46.1. The SMILES string of the molecule is CCCCC/C=C/C/C=C/C/C=C/CCCCCCC(=O)O[C@H](COC(=O)/C=C/C=C/CCCCCCCCCCCCC)COP(=O)(O)OCC[N+](C)(C)C. The van der Waals surface area contributed by atoms with Crippen LogP contribution < -0.4 is 0 Å². The Morgan fingerprint density at radius 2 is 1.09 bits per heavy atom. The van der Waals surface area contributed by atoms with Gasteiger partial charge >= 0.3 is 19.8 Å². The highest BCUT2D eigenvalue weighted by atomic mass is 31.2. The summed E-state index contributed by atoms with van der Waals surface area (Å²) >= 11 is 0. The lowest BCUT2D eigenvalue weighted by Crippen LogP contribution is -2.37. The summed E-state index contributed by atoms with van der Waals surface area (Å²) in [7, 11) is 1.41. The highest BCUT2D eigenvalue weighted by Crippen LogP contribution is 2.43. The van der Waals surface area contributed by atoms with E-state index >= 15 is 0 Å². The molecule has 0 radical (unpaired) electrons. The summed E-state index contributed by atoms with van der Waals surface area (Å²) in [5, 5.41) is 0. The lowest BCUT2D eigenvalue weighted by molar-refractivity contribution is -0.870. The largest absolute Gasteiger partial charge is 0.472 e. The van der Waals surface area contributed by atoms with E-state index in [1.165, 1.54) is 96.0 Å². The van der Waals surface area contributed by atoms with Crippen LogP contribution >= 0.6 is 7.82 Å². The van der Waals surface area contributed by atoms with Gasteiger partial charge in [-0.05, 0) is 57.8 Å². The third kappa shape index (κ3) is 41.3. The number of rotatable bonds is 39. The first-order chi connectivity index (χ1) is 27.0. The summed E-state index contributed by atoms with van der Waals surface area (Å²) in [4.78, 5) is 35.2. The van der Waals surface area contributed by atoms with E-state index in [9.17, 15) is 19.0 Å². The second-order valence-corrected chi connectivity index (χ2v) is 17.3. The zero-order chi connectivity index (χ0) is 41.4. The third-order valence-corrected chi connectivity index (χ3v) is 10.1. The molecule has 0 aliphatic heterocycles. The van der Waals surface area contributed by atoms with Gasteiger partial charge < -0.3 is 18.9 Å². The van der Waals surface area contributed by atoms with Crippen molar-refractivity contribution in [3.63, 3.8) is 0 Å². The summed E-state index contributed by atoms with van der Waals surface area (Å²) in [5.74, 6) is -1.08. The van der Waals surface area contributed by atoms with Crippen molar-refractivity contribution in [3.8, 4) is 0 Å². The summed E-state index contributed by atoms with van der Waals surface area (Å²) in [6.45, 7) is 4.23. The summed E-state index contributed by atoms with van der Waals surface area (Å²) < 4.78 is 34.1.